The Balaban J connectivity index is 1.49. The number of fused-ring (bicyclic) bond motifs is 1. The molecule has 0 aliphatic rings. The molecule has 10 heteroatoms. The number of halogens is 1. The summed E-state index contributed by atoms with van der Waals surface area (Å²) >= 11 is 6.02. The third-order valence-electron chi connectivity index (χ3n) is 5.37. The summed E-state index contributed by atoms with van der Waals surface area (Å²) in [5.41, 5.74) is 4.87. The van der Waals surface area contributed by atoms with E-state index in [0.717, 1.165) is 29.7 Å². The number of phenols is 2. The summed E-state index contributed by atoms with van der Waals surface area (Å²) < 4.78 is 0. The first-order chi connectivity index (χ1) is 16.4. The predicted molar refractivity (Wildman–Crippen MR) is 136 cm³/mol. The van der Waals surface area contributed by atoms with Gasteiger partial charge in [0.2, 0.25) is 0 Å². The molecule has 34 heavy (non-hydrogen) atoms. The van der Waals surface area contributed by atoms with E-state index in [1.165, 1.54) is 18.3 Å². The molecule has 3 aromatic rings. The third kappa shape index (κ3) is 6.49. The van der Waals surface area contributed by atoms with Crippen LogP contribution in [-0.2, 0) is 6.54 Å². The number of hydrogen-bond donors (Lipinski definition) is 5. The van der Waals surface area contributed by atoms with E-state index in [4.69, 9.17) is 11.6 Å². The van der Waals surface area contributed by atoms with Gasteiger partial charge < -0.3 is 20.8 Å². The number of pyridine rings is 1. The number of benzene rings is 2. The van der Waals surface area contributed by atoms with Gasteiger partial charge in [0.25, 0.3) is 0 Å². The third-order valence-corrected chi connectivity index (χ3v) is 5.60. The van der Waals surface area contributed by atoms with Crippen molar-refractivity contribution in [2.45, 2.75) is 20.4 Å². The number of urea groups is 1. The van der Waals surface area contributed by atoms with Gasteiger partial charge in [-0.3, -0.25) is 9.88 Å². The second-order valence-corrected chi connectivity index (χ2v) is 7.97. The van der Waals surface area contributed by atoms with Gasteiger partial charge in [-0.25, -0.2) is 10.2 Å². The average molecular weight is 485 g/mol. The highest BCUT2D eigenvalue weighted by atomic mass is 35.5. The molecule has 3 rings (SSSR count). The first kappa shape index (κ1) is 25.1. The molecule has 0 saturated carbocycles. The van der Waals surface area contributed by atoms with Crippen molar-refractivity contribution in [2.75, 3.05) is 31.5 Å². The van der Waals surface area contributed by atoms with Crippen LogP contribution in [0.2, 0.25) is 5.02 Å². The maximum atomic E-state index is 12.0. The predicted octanol–water partition coefficient (Wildman–Crippen LogP) is 3.89. The zero-order valence-electron chi connectivity index (χ0n) is 19.2. The van der Waals surface area contributed by atoms with E-state index in [1.54, 1.807) is 18.3 Å². The van der Waals surface area contributed by atoms with Crippen molar-refractivity contribution in [1.82, 2.24) is 20.6 Å². The molecule has 0 bridgehead atoms. The lowest BCUT2D eigenvalue weighted by Gasteiger charge is -2.20. The molecule has 5 N–H and O–H groups in total. The Hall–Kier alpha value is -3.56. The number of amides is 2. The van der Waals surface area contributed by atoms with Crippen molar-refractivity contribution in [3.05, 3.63) is 58.7 Å². The molecule has 0 aliphatic heterocycles. The van der Waals surface area contributed by atoms with Crippen LogP contribution in [0, 0.1) is 0 Å². The Morgan fingerprint density at radius 1 is 1.15 bits per heavy atom. The fourth-order valence-corrected chi connectivity index (χ4v) is 3.59. The molecule has 0 aliphatic carbocycles. The molecule has 1 aromatic heterocycles. The van der Waals surface area contributed by atoms with Crippen LogP contribution in [0.3, 0.4) is 0 Å². The fraction of sp³-hybridized carbons (Fsp3) is 0.292. The number of aromatic hydroxyl groups is 2. The summed E-state index contributed by atoms with van der Waals surface area (Å²) in [6.45, 7) is 6.86. The maximum absolute atomic E-state index is 12.0. The molecule has 0 fully saturated rings. The maximum Gasteiger partial charge on any atom is 0.335 e. The van der Waals surface area contributed by atoms with E-state index in [2.05, 4.69) is 31.0 Å². The molecule has 0 atom stereocenters. The molecule has 9 nitrogen and oxygen atoms in total. The number of nitrogens with one attached hydrogen (secondary N) is 3. The van der Waals surface area contributed by atoms with Gasteiger partial charge >= 0.3 is 6.03 Å². The molecule has 1 heterocycles. The highest BCUT2D eigenvalue weighted by Gasteiger charge is 2.14. The minimum absolute atomic E-state index is 0.0184. The smallest absolute Gasteiger partial charge is 0.335 e. The van der Waals surface area contributed by atoms with Crippen LogP contribution in [0.25, 0.3) is 10.9 Å². The summed E-state index contributed by atoms with van der Waals surface area (Å²) in [5, 5.41) is 32.1. The quantitative estimate of drug-likeness (QED) is 0.169. The van der Waals surface area contributed by atoms with E-state index in [1.807, 2.05) is 26.0 Å². The summed E-state index contributed by atoms with van der Waals surface area (Å²) in [7, 11) is 0. The zero-order chi connectivity index (χ0) is 24.5. The van der Waals surface area contributed by atoms with Crippen LogP contribution in [0.15, 0.2) is 47.7 Å². The van der Waals surface area contributed by atoms with Crippen LogP contribution in [0.1, 0.15) is 25.0 Å². The molecule has 0 unspecified atom stereocenters. The lowest BCUT2D eigenvalue weighted by atomic mass is 10.1. The van der Waals surface area contributed by atoms with Crippen LogP contribution < -0.4 is 16.1 Å². The number of carbonyl (C=O) groups excluding carboxylic acids is 1. The van der Waals surface area contributed by atoms with E-state index in [9.17, 15) is 15.0 Å². The van der Waals surface area contributed by atoms with Crippen LogP contribution in [-0.4, -0.2) is 58.5 Å². The van der Waals surface area contributed by atoms with Crippen LogP contribution in [0.4, 0.5) is 10.5 Å². The number of nitrogens with zero attached hydrogens (tertiary/aromatic N) is 3. The molecule has 2 aromatic carbocycles. The first-order valence-corrected chi connectivity index (χ1v) is 11.4. The normalized spacial score (nSPS) is 11.3. The minimum Gasteiger partial charge on any atom is -0.507 e. The molecular formula is C24H29ClN6O3. The Bertz CT molecular complexity index is 1170. The standard InChI is InChI=1S/C24H29ClN6O3/c1-3-31(4-2)15-19-22(32)8-5-16(23(19)33)14-29-30-24(34)28-12-11-27-20-9-10-26-21-13-17(25)6-7-18(20)21/h5-10,13-14,32-33H,3-4,11-12,15H2,1-2H3,(H,26,27)(H2,28,30,34)/b29-14+. The van der Waals surface area contributed by atoms with E-state index >= 15 is 0 Å². The van der Waals surface area contributed by atoms with Crippen molar-refractivity contribution in [1.29, 1.82) is 0 Å². The van der Waals surface area contributed by atoms with Gasteiger partial charge in [0.15, 0.2) is 0 Å². The number of phenolic OH excluding ortho intramolecular Hbond substituents is 2. The van der Waals surface area contributed by atoms with Crippen molar-refractivity contribution < 1.29 is 15.0 Å². The molecule has 2 amide bonds. The number of anilines is 1. The SMILES string of the molecule is CCN(CC)Cc1c(O)ccc(/C=N/NC(=O)NCCNc2ccnc3cc(Cl)ccc23)c1O. The first-order valence-electron chi connectivity index (χ1n) is 11.0. The monoisotopic (exact) mass is 484 g/mol. The van der Waals surface area contributed by atoms with Crippen molar-refractivity contribution >= 4 is 40.4 Å². The largest absolute Gasteiger partial charge is 0.507 e. The second-order valence-electron chi connectivity index (χ2n) is 7.54. The van der Waals surface area contributed by atoms with Crippen LogP contribution in [0.5, 0.6) is 11.5 Å². The number of aromatic nitrogens is 1. The lowest BCUT2D eigenvalue weighted by Crippen LogP contribution is -2.35. The number of hydrogen-bond acceptors (Lipinski definition) is 7. The molecule has 0 radical (unpaired) electrons. The number of rotatable bonds is 10. The van der Waals surface area contributed by atoms with E-state index < -0.39 is 6.03 Å². The van der Waals surface area contributed by atoms with Gasteiger partial charge in [0.1, 0.15) is 11.5 Å². The molecular weight excluding hydrogens is 456 g/mol. The lowest BCUT2D eigenvalue weighted by molar-refractivity contribution is 0.242. The van der Waals surface area contributed by atoms with Crippen molar-refractivity contribution in [3.63, 3.8) is 0 Å². The summed E-state index contributed by atoms with van der Waals surface area (Å²) in [4.78, 5) is 18.4. The van der Waals surface area contributed by atoms with Gasteiger partial charge in [0, 0.05) is 47.5 Å². The Morgan fingerprint density at radius 3 is 2.71 bits per heavy atom. The van der Waals surface area contributed by atoms with Gasteiger partial charge in [0.05, 0.1) is 17.3 Å². The number of hydrazone groups is 1. The van der Waals surface area contributed by atoms with Gasteiger partial charge in [-0.2, -0.15) is 5.10 Å². The topological polar surface area (TPSA) is 122 Å². The van der Waals surface area contributed by atoms with E-state index in [-0.39, 0.29) is 11.5 Å². The van der Waals surface area contributed by atoms with Crippen molar-refractivity contribution in [3.8, 4) is 11.5 Å². The highest BCUT2D eigenvalue weighted by Crippen LogP contribution is 2.31. The van der Waals surface area contributed by atoms with Gasteiger partial charge in [-0.15, -0.1) is 0 Å². The van der Waals surface area contributed by atoms with E-state index in [0.29, 0.717) is 35.8 Å². The number of carbonyl (C=O) groups is 1. The Morgan fingerprint density at radius 2 is 1.94 bits per heavy atom. The van der Waals surface area contributed by atoms with Crippen molar-refractivity contribution in [2.24, 2.45) is 5.10 Å². The van der Waals surface area contributed by atoms with Gasteiger partial charge in [-0.05, 0) is 49.5 Å². The van der Waals surface area contributed by atoms with Crippen LogP contribution >= 0.6 is 11.6 Å². The Labute approximate surface area is 203 Å². The van der Waals surface area contributed by atoms with Gasteiger partial charge in [-0.1, -0.05) is 25.4 Å². The highest BCUT2D eigenvalue weighted by molar-refractivity contribution is 6.31. The Kier molecular flexibility index (Phi) is 8.89. The summed E-state index contributed by atoms with van der Waals surface area (Å²) in [5.74, 6) is -0.0438. The zero-order valence-corrected chi connectivity index (χ0v) is 19.9. The minimum atomic E-state index is -0.481. The molecule has 0 spiro atoms. The average Bonchev–Trinajstić information content (AvgIpc) is 2.83. The molecule has 180 valence electrons. The summed E-state index contributed by atoms with van der Waals surface area (Å²) in [6.07, 6.45) is 3.04. The summed E-state index contributed by atoms with van der Waals surface area (Å²) in [6, 6.07) is 9.92. The fourth-order valence-electron chi connectivity index (χ4n) is 3.42. The molecule has 0 saturated heterocycles. The second kappa shape index (κ2) is 12.1.